The molecule has 110 valence electrons. The molecular formula is C18H16N2O2. The van der Waals surface area contributed by atoms with Crippen molar-refractivity contribution in [2.75, 3.05) is 5.32 Å². The van der Waals surface area contributed by atoms with Gasteiger partial charge in [-0.1, -0.05) is 48.6 Å². The van der Waals surface area contributed by atoms with E-state index < -0.39 is 0 Å². The molecule has 22 heavy (non-hydrogen) atoms. The number of rotatable bonds is 2. The third kappa shape index (κ3) is 1.91. The van der Waals surface area contributed by atoms with Gasteiger partial charge in [0.25, 0.3) is 5.69 Å². The van der Waals surface area contributed by atoms with Gasteiger partial charge < -0.3 is 5.32 Å². The van der Waals surface area contributed by atoms with Gasteiger partial charge in [0.05, 0.1) is 16.5 Å². The molecule has 0 amide bonds. The van der Waals surface area contributed by atoms with Crippen molar-refractivity contribution in [1.82, 2.24) is 0 Å². The first-order valence-corrected chi connectivity index (χ1v) is 7.51. The number of nitro groups is 1. The maximum absolute atomic E-state index is 11.4. The molecule has 0 saturated heterocycles. The second kappa shape index (κ2) is 4.98. The molecule has 0 saturated carbocycles. The second-order valence-electron chi connectivity index (χ2n) is 5.88. The molecule has 0 bridgehead atoms. The Morgan fingerprint density at radius 3 is 2.59 bits per heavy atom. The van der Waals surface area contributed by atoms with Crippen molar-refractivity contribution >= 4 is 11.4 Å². The van der Waals surface area contributed by atoms with Gasteiger partial charge in [-0.05, 0) is 24.0 Å². The summed E-state index contributed by atoms with van der Waals surface area (Å²) in [6.07, 6.45) is 5.38. The Bertz CT molecular complexity index is 769. The van der Waals surface area contributed by atoms with Gasteiger partial charge in [0.2, 0.25) is 0 Å². The number of hydrogen-bond donors (Lipinski definition) is 1. The number of benzene rings is 2. The van der Waals surface area contributed by atoms with Crippen LogP contribution in [0.4, 0.5) is 11.4 Å². The molecule has 0 spiro atoms. The van der Waals surface area contributed by atoms with Gasteiger partial charge in [0.1, 0.15) is 0 Å². The lowest BCUT2D eigenvalue weighted by molar-refractivity contribution is -0.385. The molecule has 1 heterocycles. The zero-order chi connectivity index (χ0) is 15.1. The molecule has 1 N–H and O–H groups in total. The van der Waals surface area contributed by atoms with E-state index in [1.54, 1.807) is 12.1 Å². The maximum atomic E-state index is 11.4. The predicted molar refractivity (Wildman–Crippen MR) is 85.9 cm³/mol. The van der Waals surface area contributed by atoms with E-state index in [1.165, 1.54) is 5.56 Å². The molecule has 2 aromatic rings. The van der Waals surface area contributed by atoms with Crippen LogP contribution in [0.3, 0.4) is 0 Å². The Kier molecular flexibility index (Phi) is 2.96. The lowest BCUT2D eigenvalue weighted by Crippen LogP contribution is -2.29. The van der Waals surface area contributed by atoms with Crippen LogP contribution >= 0.6 is 0 Å². The molecule has 2 unspecified atom stereocenters. The highest BCUT2D eigenvalue weighted by atomic mass is 16.6. The van der Waals surface area contributed by atoms with Gasteiger partial charge in [-0.2, -0.15) is 0 Å². The molecule has 0 aromatic heterocycles. The molecule has 2 aliphatic rings. The number of anilines is 1. The van der Waals surface area contributed by atoms with Crippen LogP contribution in [-0.2, 0) is 0 Å². The topological polar surface area (TPSA) is 55.2 Å². The zero-order valence-electron chi connectivity index (χ0n) is 12.0. The summed E-state index contributed by atoms with van der Waals surface area (Å²) in [6.45, 7) is 0. The van der Waals surface area contributed by atoms with Gasteiger partial charge in [-0.25, -0.2) is 0 Å². The van der Waals surface area contributed by atoms with Crippen LogP contribution in [0, 0.1) is 16.0 Å². The van der Waals surface area contributed by atoms with Crippen LogP contribution in [0.15, 0.2) is 60.7 Å². The Hall–Kier alpha value is -2.62. The Morgan fingerprint density at radius 2 is 1.77 bits per heavy atom. The largest absolute Gasteiger partial charge is 0.377 e. The van der Waals surface area contributed by atoms with Crippen LogP contribution < -0.4 is 5.32 Å². The Morgan fingerprint density at radius 1 is 1.05 bits per heavy atom. The lowest BCUT2D eigenvalue weighted by Gasteiger charge is -2.37. The molecule has 2 aromatic carbocycles. The average molecular weight is 292 g/mol. The van der Waals surface area contributed by atoms with E-state index in [2.05, 4.69) is 35.7 Å². The van der Waals surface area contributed by atoms with Crippen molar-refractivity contribution in [2.24, 2.45) is 5.92 Å². The van der Waals surface area contributed by atoms with E-state index in [0.29, 0.717) is 11.8 Å². The number of hydrogen-bond acceptors (Lipinski definition) is 3. The van der Waals surface area contributed by atoms with Crippen molar-refractivity contribution in [3.63, 3.8) is 0 Å². The molecule has 0 fully saturated rings. The van der Waals surface area contributed by atoms with E-state index in [0.717, 1.165) is 17.7 Å². The van der Waals surface area contributed by atoms with Gasteiger partial charge in [0.15, 0.2) is 0 Å². The molecule has 4 heteroatoms. The van der Waals surface area contributed by atoms with E-state index >= 15 is 0 Å². The summed E-state index contributed by atoms with van der Waals surface area (Å²) in [5.74, 6) is 0.665. The van der Waals surface area contributed by atoms with Crippen LogP contribution in [0.5, 0.6) is 0 Å². The number of nitrogens with one attached hydrogen (secondary N) is 1. The monoisotopic (exact) mass is 292 g/mol. The number of nitro benzene ring substituents is 1. The highest BCUT2D eigenvalue weighted by Crippen LogP contribution is 2.50. The van der Waals surface area contributed by atoms with Crippen molar-refractivity contribution in [3.05, 3.63) is 81.9 Å². The molecule has 4 rings (SSSR count). The minimum atomic E-state index is -0.283. The van der Waals surface area contributed by atoms with Crippen LogP contribution in [-0.4, -0.2) is 4.92 Å². The van der Waals surface area contributed by atoms with Gasteiger partial charge in [-0.15, -0.1) is 0 Å². The third-order valence-electron chi connectivity index (χ3n) is 4.74. The summed E-state index contributed by atoms with van der Waals surface area (Å²) < 4.78 is 0. The zero-order valence-corrected chi connectivity index (χ0v) is 12.0. The summed E-state index contributed by atoms with van der Waals surface area (Å²) in [5.41, 5.74) is 3.35. The summed E-state index contributed by atoms with van der Waals surface area (Å²) in [4.78, 5) is 11.1. The molecular weight excluding hydrogens is 276 g/mol. The number of allylic oxidation sites excluding steroid dienone is 2. The Labute approximate surface area is 128 Å². The molecule has 1 aliphatic heterocycles. The summed E-state index contributed by atoms with van der Waals surface area (Å²) in [5, 5.41) is 14.9. The number of fused-ring (bicyclic) bond motifs is 3. The molecule has 4 nitrogen and oxygen atoms in total. The average Bonchev–Trinajstić information content (AvgIpc) is 3.04. The quantitative estimate of drug-likeness (QED) is 0.506. The fourth-order valence-electron chi connectivity index (χ4n) is 3.77. The standard InChI is InChI=1S/C18H16N2O2/c21-20(22)17-11-4-2-7-15(17)18-14-9-5-8-12(14)13-6-1-3-10-16(13)19-18/h1-8,10-12,14,18-19H,9H2/t12?,14?,18-/m0/s1. The van der Waals surface area contributed by atoms with Crippen molar-refractivity contribution in [1.29, 1.82) is 0 Å². The van der Waals surface area contributed by atoms with Gasteiger partial charge in [-0.3, -0.25) is 10.1 Å². The fraction of sp³-hybridized carbons (Fsp3) is 0.222. The SMILES string of the molecule is O=[N+]([O-])c1ccccc1[C@H]1Nc2ccccc2C2C=CCC21. The first-order valence-electron chi connectivity index (χ1n) is 7.51. The van der Waals surface area contributed by atoms with E-state index in [-0.39, 0.29) is 16.7 Å². The highest BCUT2D eigenvalue weighted by Gasteiger charge is 2.39. The first-order chi connectivity index (χ1) is 10.8. The molecule has 3 atom stereocenters. The van der Waals surface area contributed by atoms with Crippen molar-refractivity contribution < 1.29 is 4.92 Å². The van der Waals surface area contributed by atoms with Crippen molar-refractivity contribution in [3.8, 4) is 0 Å². The van der Waals surface area contributed by atoms with Gasteiger partial charge in [0, 0.05) is 17.7 Å². The smallest absolute Gasteiger partial charge is 0.274 e. The second-order valence-corrected chi connectivity index (χ2v) is 5.88. The fourth-order valence-corrected chi connectivity index (χ4v) is 3.77. The summed E-state index contributed by atoms with van der Waals surface area (Å²) in [6, 6.07) is 15.3. The maximum Gasteiger partial charge on any atom is 0.274 e. The highest BCUT2D eigenvalue weighted by molar-refractivity contribution is 5.61. The summed E-state index contributed by atoms with van der Waals surface area (Å²) in [7, 11) is 0. The lowest BCUT2D eigenvalue weighted by atomic mass is 9.77. The summed E-state index contributed by atoms with van der Waals surface area (Å²) >= 11 is 0. The van der Waals surface area contributed by atoms with Crippen LogP contribution in [0.2, 0.25) is 0 Å². The van der Waals surface area contributed by atoms with Crippen molar-refractivity contribution in [2.45, 2.75) is 18.4 Å². The van der Waals surface area contributed by atoms with Crippen LogP contribution in [0.1, 0.15) is 29.5 Å². The van der Waals surface area contributed by atoms with Crippen LogP contribution in [0.25, 0.3) is 0 Å². The third-order valence-corrected chi connectivity index (χ3v) is 4.74. The predicted octanol–water partition coefficient (Wildman–Crippen LogP) is 4.42. The van der Waals surface area contributed by atoms with E-state index in [1.807, 2.05) is 18.2 Å². The Balaban J connectivity index is 1.83. The van der Waals surface area contributed by atoms with Gasteiger partial charge >= 0.3 is 0 Å². The first kappa shape index (κ1) is 13.1. The minimum Gasteiger partial charge on any atom is -0.377 e. The minimum absolute atomic E-state index is 0.0310. The normalized spacial score (nSPS) is 25.2. The number of para-hydroxylation sites is 2. The molecule has 1 aliphatic carbocycles. The number of nitrogens with zero attached hydrogens (tertiary/aromatic N) is 1. The molecule has 0 radical (unpaired) electrons. The van der Waals surface area contributed by atoms with E-state index in [4.69, 9.17) is 0 Å². The van der Waals surface area contributed by atoms with E-state index in [9.17, 15) is 10.1 Å².